The van der Waals surface area contributed by atoms with Crippen molar-refractivity contribution in [3.8, 4) is 11.5 Å². The van der Waals surface area contributed by atoms with E-state index >= 15 is 0 Å². The summed E-state index contributed by atoms with van der Waals surface area (Å²) < 4.78 is 0. The smallest absolute Gasteiger partial charge is 0.126 e. The first-order chi connectivity index (χ1) is 7.74. The molecule has 0 amide bonds. The number of phenols is 2. The van der Waals surface area contributed by atoms with Gasteiger partial charge in [-0.3, -0.25) is 0 Å². The van der Waals surface area contributed by atoms with Crippen molar-refractivity contribution in [3.05, 3.63) is 35.9 Å². The second-order valence-electron chi connectivity index (χ2n) is 4.05. The minimum absolute atomic E-state index is 0.250. The summed E-state index contributed by atoms with van der Waals surface area (Å²) in [6.07, 6.45) is 2.90. The quantitative estimate of drug-likeness (QED) is 0.770. The van der Waals surface area contributed by atoms with E-state index in [0.29, 0.717) is 11.1 Å². The number of rotatable bonds is 3. The Morgan fingerprint density at radius 2 is 1.75 bits per heavy atom. The molecular formula is C14H16O2. The lowest BCUT2D eigenvalue weighted by Gasteiger charge is -2.09. The molecule has 2 N–H and O–H groups in total. The molecule has 0 spiro atoms. The number of hydrogen-bond acceptors (Lipinski definition) is 2. The number of phenolic OH excluding ortho intramolecular Hbond substituents is 2. The van der Waals surface area contributed by atoms with Crippen molar-refractivity contribution in [1.82, 2.24) is 0 Å². The molecule has 2 aromatic carbocycles. The first-order valence-electron chi connectivity index (χ1n) is 5.66. The zero-order chi connectivity index (χ0) is 11.5. The lowest BCUT2D eigenvalue weighted by molar-refractivity contribution is 0.462. The molecule has 2 heteroatoms. The molecule has 0 aliphatic heterocycles. The molecule has 0 fully saturated rings. The summed E-state index contributed by atoms with van der Waals surface area (Å²) in [4.78, 5) is 0. The molecule has 0 unspecified atom stereocenters. The van der Waals surface area contributed by atoms with Gasteiger partial charge in [-0.1, -0.05) is 37.6 Å². The molecule has 0 radical (unpaired) electrons. The van der Waals surface area contributed by atoms with Crippen LogP contribution in [0.1, 0.15) is 25.3 Å². The third kappa shape index (κ3) is 1.83. The van der Waals surface area contributed by atoms with E-state index < -0.39 is 0 Å². The van der Waals surface area contributed by atoms with Gasteiger partial charge in [-0.2, -0.15) is 0 Å². The van der Waals surface area contributed by atoms with Crippen LogP contribution in [0.3, 0.4) is 0 Å². The number of aromatic hydroxyl groups is 2. The van der Waals surface area contributed by atoms with Crippen molar-refractivity contribution >= 4 is 10.8 Å². The summed E-state index contributed by atoms with van der Waals surface area (Å²) in [5.74, 6) is 0.557. The number of aryl methyl sites for hydroxylation is 1. The van der Waals surface area contributed by atoms with Gasteiger partial charge in [-0.05, 0) is 24.5 Å². The van der Waals surface area contributed by atoms with Crippen LogP contribution in [0.2, 0.25) is 0 Å². The number of unbranched alkanes of at least 4 members (excludes halogenated alkanes) is 1. The van der Waals surface area contributed by atoms with E-state index in [-0.39, 0.29) is 5.75 Å². The Labute approximate surface area is 95.2 Å². The third-order valence-corrected chi connectivity index (χ3v) is 2.87. The number of fused-ring (bicyclic) bond motifs is 1. The predicted octanol–water partition coefficient (Wildman–Crippen LogP) is 3.59. The van der Waals surface area contributed by atoms with Crippen molar-refractivity contribution in [2.45, 2.75) is 26.2 Å². The zero-order valence-electron chi connectivity index (χ0n) is 9.40. The lowest BCUT2D eigenvalue weighted by atomic mass is 10.0. The Morgan fingerprint density at radius 1 is 1.06 bits per heavy atom. The predicted molar refractivity (Wildman–Crippen MR) is 65.9 cm³/mol. The maximum absolute atomic E-state index is 10.1. The van der Waals surface area contributed by atoms with E-state index in [4.69, 9.17) is 0 Å². The zero-order valence-corrected chi connectivity index (χ0v) is 9.40. The highest BCUT2D eigenvalue weighted by atomic mass is 16.3. The summed E-state index contributed by atoms with van der Waals surface area (Å²) >= 11 is 0. The maximum atomic E-state index is 10.1. The van der Waals surface area contributed by atoms with Crippen LogP contribution in [0.5, 0.6) is 11.5 Å². The molecule has 0 aliphatic carbocycles. The highest BCUT2D eigenvalue weighted by molar-refractivity contribution is 5.93. The van der Waals surface area contributed by atoms with Crippen LogP contribution in [0.25, 0.3) is 10.8 Å². The highest BCUT2D eigenvalue weighted by Gasteiger charge is 2.09. The topological polar surface area (TPSA) is 40.5 Å². The van der Waals surface area contributed by atoms with Gasteiger partial charge in [0.1, 0.15) is 11.5 Å². The average molecular weight is 216 g/mol. The van der Waals surface area contributed by atoms with Gasteiger partial charge in [0.05, 0.1) is 0 Å². The molecule has 0 saturated heterocycles. The second-order valence-corrected chi connectivity index (χ2v) is 4.05. The summed E-state index contributed by atoms with van der Waals surface area (Å²) in [6.45, 7) is 2.11. The van der Waals surface area contributed by atoms with E-state index in [1.807, 2.05) is 24.3 Å². The van der Waals surface area contributed by atoms with Crippen molar-refractivity contribution in [2.24, 2.45) is 0 Å². The van der Waals surface area contributed by atoms with E-state index in [0.717, 1.165) is 30.2 Å². The van der Waals surface area contributed by atoms with Crippen molar-refractivity contribution in [1.29, 1.82) is 0 Å². The fourth-order valence-electron chi connectivity index (χ4n) is 1.95. The van der Waals surface area contributed by atoms with Crippen LogP contribution in [0, 0.1) is 0 Å². The van der Waals surface area contributed by atoms with Gasteiger partial charge in [0, 0.05) is 10.8 Å². The molecule has 16 heavy (non-hydrogen) atoms. The van der Waals surface area contributed by atoms with Gasteiger partial charge in [-0.25, -0.2) is 0 Å². The first-order valence-corrected chi connectivity index (χ1v) is 5.66. The fourth-order valence-corrected chi connectivity index (χ4v) is 1.95. The average Bonchev–Trinajstić information content (AvgIpc) is 2.32. The molecule has 0 aromatic heterocycles. The molecule has 2 nitrogen and oxygen atoms in total. The van der Waals surface area contributed by atoms with Gasteiger partial charge >= 0.3 is 0 Å². The number of benzene rings is 2. The van der Waals surface area contributed by atoms with Crippen LogP contribution in [0.15, 0.2) is 30.3 Å². The SMILES string of the molecule is CCCCc1cc(O)c2ccccc2c1O. The van der Waals surface area contributed by atoms with Crippen LogP contribution in [0.4, 0.5) is 0 Å². The molecule has 0 saturated carbocycles. The second kappa shape index (κ2) is 4.44. The molecule has 0 atom stereocenters. The molecule has 84 valence electrons. The molecule has 0 heterocycles. The number of hydrogen-bond donors (Lipinski definition) is 2. The van der Waals surface area contributed by atoms with Gasteiger partial charge in [0.25, 0.3) is 0 Å². The van der Waals surface area contributed by atoms with E-state index in [1.165, 1.54) is 0 Å². The standard InChI is InChI=1S/C14H16O2/c1-2-3-6-10-9-13(15)11-7-4-5-8-12(11)14(10)16/h4-5,7-9,15-16H,2-3,6H2,1H3. The van der Waals surface area contributed by atoms with Crippen LogP contribution in [-0.4, -0.2) is 10.2 Å². The van der Waals surface area contributed by atoms with E-state index in [2.05, 4.69) is 6.92 Å². The van der Waals surface area contributed by atoms with Crippen LogP contribution in [-0.2, 0) is 6.42 Å². The summed E-state index contributed by atoms with van der Waals surface area (Å²) in [5, 5.41) is 21.4. The Morgan fingerprint density at radius 3 is 2.44 bits per heavy atom. The highest BCUT2D eigenvalue weighted by Crippen LogP contribution is 2.35. The van der Waals surface area contributed by atoms with E-state index in [1.54, 1.807) is 6.07 Å². The minimum atomic E-state index is 0.250. The summed E-state index contributed by atoms with van der Waals surface area (Å²) in [6, 6.07) is 9.04. The van der Waals surface area contributed by atoms with Gasteiger partial charge in [0.15, 0.2) is 0 Å². The lowest BCUT2D eigenvalue weighted by Crippen LogP contribution is -1.87. The molecule has 2 rings (SSSR count). The third-order valence-electron chi connectivity index (χ3n) is 2.87. The summed E-state index contributed by atoms with van der Waals surface area (Å²) in [5.41, 5.74) is 0.832. The van der Waals surface area contributed by atoms with Crippen molar-refractivity contribution < 1.29 is 10.2 Å². The van der Waals surface area contributed by atoms with Crippen LogP contribution < -0.4 is 0 Å². The minimum Gasteiger partial charge on any atom is -0.507 e. The van der Waals surface area contributed by atoms with Gasteiger partial charge in [-0.15, -0.1) is 0 Å². The Hall–Kier alpha value is -1.70. The van der Waals surface area contributed by atoms with E-state index in [9.17, 15) is 10.2 Å². The molecular weight excluding hydrogens is 200 g/mol. The largest absolute Gasteiger partial charge is 0.507 e. The van der Waals surface area contributed by atoms with Crippen molar-refractivity contribution in [3.63, 3.8) is 0 Å². The molecule has 0 aliphatic rings. The molecule has 2 aromatic rings. The normalized spacial score (nSPS) is 10.8. The molecule has 0 bridgehead atoms. The van der Waals surface area contributed by atoms with Crippen molar-refractivity contribution in [2.75, 3.05) is 0 Å². The Kier molecular flexibility index (Phi) is 3.00. The van der Waals surface area contributed by atoms with Gasteiger partial charge < -0.3 is 10.2 Å². The Balaban J connectivity index is 2.56. The monoisotopic (exact) mass is 216 g/mol. The maximum Gasteiger partial charge on any atom is 0.126 e. The first kappa shape index (κ1) is 10.8. The fraction of sp³-hybridized carbons (Fsp3) is 0.286. The summed E-state index contributed by atoms with van der Waals surface area (Å²) in [7, 11) is 0. The van der Waals surface area contributed by atoms with Crippen LogP contribution >= 0.6 is 0 Å². The Bertz CT molecular complexity index is 503. The van der Waals surface area contributed by atoms with Gasteiger partial charge in [0.2, 0.25) is 0 Å².